The Morgan fingerprint density at radius 2 is 2.14 bits per heavy atom. The van der Waals surface area contributed by atoms with E-state index in [9.17, 15) is 0 Å². The van der Waals surface area contributed by atoms with E-state index in [1.165, 1.54) is 5.56 Å². The van der Waals surface area contributed by atoms with Crippen LogP contribution in [0.1, 0.15) is 18.9 Å². The molecule has 0 saturated heterocycles. The zero-order valence-electron chi connectivity index (χ0n) is 8.53. The number of nitrogens with zero attached hydrogens (tertiary/aromatic N) is 1. The van der Waals surface area contributed by atoms with Crippen LogP contribution < -0.4 is 5.43 Å². The summed E-state index contributed by atoms with van der Waals surface area (Å²) in [7, 11) is 0. The van der Waals surface area contributed by atoms with E-state index in [2.05, 4.69) is 36.2 Å². The van der Waals surface area contributed by atoms with E-state index in [1.54, 1.807) is 6.08 Å². The molecule has 14 heavy (non-hydrogen) atoms. The molecule has 0 spiro atoms. The van der Waals surface area contributed by atoms with E-state index >= 15 is 0 Å². The Hall–Kier alpha value is -1.57. The molecule has 1 aromatic rings. The summed E-state index contributed by atoms with van der Waals surface area (Å²) in [5, 5.41) is 4.30. The molecule has 74 valence electrons. The predicted octanol–water partition coefficient (Wildman–Crippen LogP) is 2.58. The highest BCUT2D eigenvalue weighted by Crippen LogP contribution is 2.03. The highest BCUT2D eigenvalue weighted by molar-refractivity contribution is 6.00. The van der Waals surface area contributed by atoms with Gasteiger partial charge in [-0.15, -0.1) is 6.58 Å². The van der Waals surface area contributed by atoms with E-state index in [4.69, 9.17) is 0 Å². The third-order valence-electron chi connectivity index (χ3n) is 1.89. The normalized spacial score (nSPS) is 11.1. The van der Waals surface area contributed by atoms with Crippen molar-refractivity contribution < 1.29 is 0 Å². The molecular weight excluding hydrogens is 172 g/mol. The fraction of sp³-hybridized carbons (Fsp3) is 0.250. The number of hydrazone groups is 1. The summed E-state index contributed by atoms with van der Waals surface area (Å²) in [5.74, 6) is 0. The lowest BCUT2D eigenvalue weighted by atomic mass is 10.1. The average Bonchev–Trinajstić information content (AvgIpc) is 2.26. The van der Waals surface area contributed by atoms with Crippen molar-refractivity contribution in [2.24, 2.45) is 5.10 Å². The standard InChI is InChI=1S/C12H16N2/c1-3-10-13-14-12(4-2)11-8-6-5-7-9-11/h3,5-9,13H,1,4,10H2,2H3. The van der Waals surface area contributed by atoms with Gasteiger partial charge in [0.15, 0.2) is 0 Å². The third-order valence-corrected chi connectivity index (χ3v) is 1.89. The van der Waals surface area contributed by atoms with Crippen LogP contribution in [0.2, 0.25) is 0 Å². The predicted molar refractivity (Wildman–Crippen MR) is 61.5 cm³/mol. The maximum atomic E-state index is 4.30. The molecule has 1 aromatic carbocycles. The Labute approximate surface area is 85.3 Å². The maximum Gasteiger partial charge on any atom is 0.0672 e. The van der Waals surface area contributed by atoms with Gasteiger partial charge >= 0.3 is 0 Å². The molecular formula is C12H16N2. The van der Waals surface area contributed by atoms with Crippen molar-refractivity contribution in [1.29, 1.82) is 0 Å². The van der Waals surface area contributed by atoms with Gasteiger partial charge in [0.2, 0.25) is 0 Å². The molecule has 1 N–H and O–H groups in total. The zero-order chi connectivity index (χ0) is 10.2. The first-order chi connectivity index (χ1) is 6.88. The summed E-state index contributed by atoms with van der Waals surface area (Å²) < 4.78 is 0. The van der Waals surface area contributed by atoms with Crippen LogP contribution in [0.4, 0.5) is 0 Å². The Balaban J connectivity index is 2.71. The molecule has 0 aromatic heterocycles. The molecule has 0 saturated carbocycles. The van der Waals surface area contributed by atoms with Gasteiger partial charge in [0, 0.05) is 0 Å². The Bertz CT molecular complexity index is 301. The van der Waals surface area contributed by atoms with E-state index in [-0.39, 0.29) is 0 Å². The molecule has 0 aliphatic rings. The largest absolute Gasteiger partial charge is 0.306 e. The van der Waals surface area contributed by atoms with Gasteiger partial charge in [-0.2, -0.15) is 5.10 Å². The van der Waals surface area contributed by atoms with E-state index in [0.717, 1.165) is 12.1 Å². The lowest BCUT2D eigenvalue weighted by Gasteiger charge is -2.03. The van der Waals surface area contributed by atoms with Crippen molar-refractivity contribution in [3.05, 3.63) is 48.6 Å². The maximum absolute atomic E-state index is 4.30. The quantitative estimate of drug-likeness (QED) is 0.326. The van der Waals surface area contributed by atoms with Crippen LogP contribution in [0.5, 0.6) is 0 Å². The average molecular weight is 188 g/mol. The van der Waals surface area contributed by atoms with E-state index in [1.807, 2.05) is 18.2 Å². The summed E-state index contributed by atoms with van der Waals surface area (Å²) in [6, 6.07) is 10.2. The second-order valence-corrected chi connectivity index (χ2v) is 2.93. The highest BCUT2D eigenvalue weighted by atomic mass is 15.3. The van der Waals surface area contributed by atoms with Gasteiger partial charge in [-0.25, -0.2) is 0 Å². The molecule has 2 nitrogen and oxygen atoms in total. The van der Waals surface area contributed by atoms with Crippen molar-refractivity contribution in [1.82, 2.24) is 5.43 Å². The zero-order valence-corrected chi connectivity index (χ0v) is 8.53. The Kier molecular flexibility index (Phi) is 4.48. The topological polar surface area (TPSA) is 24.4 Å². The molecule has 0 bridgehead atoms. The summed E-state index contributed by atoms with van der Waals surface area (Å²) in [5.41, 5.74) is 5.20. The molecule has 0 radical (unpaired) electrons. The molecule has 0 fully saturated rings. The van der Waals surface area contributed by atoms with Crippen molar-refractivity contribution >= 4 is 5.71 Å². The van der Waals surface area contributed by atoms with Crippen LogP contribution in [0, 0.1) is 0 Å². The van der Waals surface area contributed by atoms with Gasteiger partial charge in [-0.1, -0.05) is 43.3 Å². The lowest BCUT2D eigenvalue weighted by molar-refractivity contribution is 0.821. The van der Waals surface area contributed by atoms with Crippen LogP contribution >= 0.6 is 0 Å². The summed E-state index contributed by atoms with van der Waals surface area (Å²) in [6.45, 7) is 6.43. The SMILES string of the molecule is C=CCNN=C(CC)c1ccccc1. The second-order valence-electron chi connectivity index (χ2n) is 2.93. The summed E-state index contributed by atoms with van der Waals surface area (Å²) in [4.78, 5) is 0. The molecule has 0 unspecified atom stereocenters. The molecule has 1 rings (SSSR count). The molecule has 0 atom stereocenters. The van der Waals surface area contributed by atoms with Gasteiger partial charge in [0.1, 0.15) is 0 Å². The highest BCUT2D eigenvalue weighted by Gasteiger charge is 1.98. The third kappa shape index (κ3) is 3.05. The van der Waals surface area contributed by atoms with E-state index in [0.29, 0.717) is 6.54 Å². The molecule has 0 aliphatic carbocycles. The fourth-order valence-electron chi connectivity index (χ4n) is 1.18. The first-order valence-electron chi connectivity index (χ1n) is 4.84. The van der Waals surface area contributed by atoms with E-state index < -0.39 is 0 Å². The number of hydrogen-bond acceptors (Lipinski definition) is 2. The first kappa shape index (κ1) is 10.5. The fourth-order valence-corrected chi connectivity index (χ4v) is 1.18. The molecule has 0 heterocycles. The van der Waals surface area contributed by atoms with Gasteiger partial charge in [-0.3, -0.25) is 0 Å². The molecule has 2 heteroatoms. The lowest BCUT2D eigenvalue weighted by Crippen LogP contribution is -2.10. The Morgan fingerprint density at radius 3 is 2.71 bits per heavy atom. The number of rotatable bonds is 5. The van der Waals surface area contributed by atoms with Crippen molar-refractivity contribution in [3.8, 4) is 0 Å². The van der Waals surface area contributed by atoms with Crippen LogP contribution in [-0.4, -0.2) is 12.3 Å². The number of benzene rings is 1. The minimum absolute atomic E-state index is 0.705. The first-order valence-corrected chi connectivity index (χ1v) is 4.84. The summed E-state index contributed by atoms with van der Waals surface area (Å²) >= 11 is 0. The minimum Gasteiger partial charge on any atom is -0.306 e. The van der Waals surface area contributed by atoms with Gasteiger partial charge in [-0.05, 0) is 12.0 Å². The smallest absolute Gasteiger partial charge is 0.0672 e. The second kappa shape index (κ2) is 5.97. The van der Waals surface area contributed by atoms with Crippen molar-refractivity contribution in [3.63, 3.8) is 0 Å². The van der Waals surface area contributed by atoms with Crippen LogP contribution in [0.15, 0.2) is 48.1 Å². The van der Waals surface area contributed by atoms with Gasteiger partial charge in [0.05, 0.1) is 12.3 Å². The molecule has 0 amide bonds. The van der Waals surface area contributed by atoms with Crippen molar-refractivity contribution in [2.75, 3.05) is 6.54 Å². The number of nitrogens with one attached hydrogen (secondary N) is 1. The Morgan fingerprint density at radius 1 is 1.43 bits per heavy atom. The van der Waals surface area contributed by atoms with Crippen LogP contribution in [0.25, 0.3) is 0 Å². The molecule has 0 aliphatic heterocycles. The van der Waals surface area contributed by atoms with Crippen LogP contribution in [0.3, 0.4) is 0 Å². The van der Waals surface area contributed by atoms with Gasteiger partial charge in [0.25, 0.3) is 0 Å². The summed E-state index contributed by atoms with van der Waals surface area (Å²) in [6.07, 6.45) is 2.72. The number of hydrogen-bond donors (Lipinski definition) is 1. The van der Waals surface area contributed by atoms with Crippen LogP contribution in [-0.2, 0) is 0 Å². The van der Waals surface area contributed by atoms with Gasteiger partial charge < -0.3 is 5.43 Å². The monoisotopic (exact) mass is 188 g/mol. The van der Waals surface area contributed by atoms with Crippen molar-refractivity contribution in [2.45, 2.75) is 13.3 Å². The minimum atomic E-state index is 0.705.